The van der Waals surface area contributed by atoms with E-state index in [1.54, 1.807) is 0 Å². The minimum Gasteiger partial charge on any atom is -0.378 e. The van der Waals surface area contributed by atoms with Crippen LogP contribution in [0.1, 0.15) is 0 Å². The van der Waals surface area contributed by atoms with Gasteiger partial charge in [-0.1, -0.05) is 0 Å². The lowest BCUT2D eigenvalue weighted by atomic mass is 10.2. The van der Waals surface area contributed by atoms with Crippen molar-refractivity contribution in [2.45, 2.75) is 12.1 Å². The number of nitrogens with zero attached hydrogens (tertiary/aromatic N) is 2. The van der Waals surface area contributed by atoms with E-state index in [-0.39, 0.29) is 6.10 Å². The quantitative estimate of drug-likeness (QED) is 0.494. The second-order valence-electron chi connectivity index (χ2n) is 3.17. The van der Waals surface area contributed by atoms with Gasteiger partial charge in [0.15, 0.2) is 6.10 Å². The molecule has 12 heavy (non-hydrogen) atoms. The van der Waals surface area contributed by atoms with Gasteiger partial charge >= 0.3 is 0 Å². The summed E-state index contributed by atoms with van der Waals surface area (Å²) >= 11 is 0. The molecule has 0 aliphatic carbocycles. The molecular formula is C8H12N2O2. The molecule has 2 rings (SSSR count). The van der Waals surface area contributed by atoms with Gasteiger partial charge in [-0.05, 0) is 0 Å². The summed E-state index contributed by atoms with van der Waals surface area (Å²) in [6.07, 6.45) is -0.237. The van der Waals surface area contributed by atoms with Crippen LogP contribution in [0.2, 0.25) is 0 Å². The van der Waals surface area contributed by atoms with Crippen molar-refractivity contribution < 1.29 is 9.47 Å². The van der Waals surface area contributed by atoms with E-state index in [1.165, 1.54) is 0 Å². The fraction of sp³-hybridized carbons (Fsp3) is 0.875. The first-order chi connectivity index (χ1) is 5.90. The molecule has 2 saturated heterocycles. The van der Waals surface area contributed by atoms with Crippen molar-refractivity contribution >= 4 is 0 Å². The van der Waals surface area contributed by atoms with Crippen molar-refractivity contribution in [3.63, 3.8) is 0 Å². The number of morpholine rings is 2. The van der Waals surface area contributed by atoms with E-state index in [4.69, 9.17) is 14.7 Å². The largest absolute Gasteiger partial charge is 0.378 e. The van der Waals surface area contributed by atoms with Crippen LogP contribution in [0.3, 0.4) is 0 Å². The fourth-order valence-corrected chi connectivity index (χ4v) is 1.65. The van der Waals surface area contributed by atoms with Crippen LogP contribution in [0.15, 0.2) is 0 Å². The highest BCUT2D eigenvalue weighted by Crippen LogP contribution is 2.14. The molecule has 0 aromatic rings. The van der Waals surface area contributed by atoms with Crippen LogP contribution >= 0.6 is 0 Å². The van der Waals surface area contributed by atoms with Gasteiger partial charge in [-0.15, -0.1) is 0 Å². The van der Waals surface area contributed by atoms with Crippen molar-refractivity contribution in [3.8, 4) is 6.07 Å². The highest BCUT2D eigenvalue weighted by molar-refractivity contribution is 4.93. The Kier molecular flexibility index (Phi) is 2.26. The van der Waals surface area contributed by atoms with Crippen LogP contribution < -0.4 is 0 Å². The summed E-state index contributed by atoms with van der Waals surface area (Å²) in [5.41, 5.74) is 0. The predicted octanol–water partition coefficient (Wildman–Crippen LogP) is -0.390. The molecule has 2 atom stereocenters. The lowest BCUT2D eigenvalue weighted by Gasteiger charge is -2.40. The molecule has 0 N–H and O–H groups in total. The number of nitriles is 1. The molecule has 0 aromatic heterocycles. The van der Waals surface area contributed by atoms with E-state index in [9.17, 15) is 0 Å². The van der Waals surface area contributed by atoms with Gasteiger partial charge in [0.25, 0.3) is 0 Å². The molecule has 2 aliphatic rings. The summed E-state index contributed by atoms with van der Waals surface area (Å²) in [4.78, 5) is 2.28. The van der Waals surface area contributed by atoms with Crippen LogP contribution in [0, 0.1) is 11.3 Å². The monoisotopic (exact) mass is 168 g/mol. The second kappa shape index (κ2) is 3.40. The van der Waals surface area contributed by atoms with Crippen LogP contribution in [-0.4, -0.2) is 50.0 Å². The molecular weight excluding hydrogens is 156 g/mol. The highest BCUT2D eigenvalue weighted by Gasteiger charge is 2.30. The Balaban J connectivity index is 1.95. The minimum absolute atomic E-state index is 0.237. The van der Waals surface area contributed by atoms with Crippen LogP contribution in [0.25, 0.3) is 0 Å². The Morgan fingerprint density at radius 3 is 3.17 bits per heavy atom. The van der Waals surface area contributed by atoms with Crippen molar-refractivity contribution in [3.05, 3.63) is 0 Å². The normalized spacial score (nSPS) is 36.9. The summed E-state index contributed by atoms with van der Waals surface area (Å²) < 4.78 is 10.6. The zero-order chi connectivity index (χ0) is 8.39. The van der Waals surface area contributed by atoms with E-state index in [2.05, 4.69) is 11.0 Å². The van der Waals surface area contributed by atoms with E-state index < -0.39 is 0 Å². The molecule has 0 radical (unpaired) electrons. The van der Waals surface area contributed by atoms with Gasteiger partial charge in [0.2, 0.25) is 0 Å². The first kappa shape index (κ1) is 7.99. The molecule has 0 unspecified atom stereocenters. The smallest absolute Gasteiger partial charge is 0.156 e. The van der Waals surface area contributed by atoms with Crippen LogP contribution in [-0.2, 0) is 9.47 Å². The maximum Gasteiger partial charge on any atom is 0.156 e. The molecule has 0 amide bonds. The number of hydrogen-bond acceptors (Lipinski definition) is 4. The first-order valence-corrected chi connectivity index (χ1v) is 4.23. The molecule has 4 heteroatoms. The number of rotatable bonds is 0. The summed E-state index contributed by atoms with van der Waals surface area (Å²) in [5, 5.41) is 8.65. The second-order valence-corrected chi connectivity index (χ2v) is 3.17. The van der Waals surface area contributed by atoms with Crippen molar-refractivity contribution in [2.75, 3.05) is 32.9 Å². The summed E-state index contributed by atoms with van der Waals surface area (Å²) in [6.45, 7) is 3.85. The van der Waals surface area contributed by atoms with Crippen LogP contribution in [0.4, 0.5) is 0 Å². The first-order valence-electron chi connectivity index (χ1n) is 4.23. The summed E-state index contributed by atoms with van der Waals surface area (Å²) in [7, 11) is 0. The predicted molar refractivity (Wildman–Crippen MR) is 41.5 cm³/mol. The van der Waals surface area contributed by atoms with Crippen molar-refractivity contribution in [2.24, 2.45) is 0 Å². The Labute approximate surface area is 71.7 Å². The average Bonchev–Trinajstić information content (AvgIpc) is 2.17. The zero-order valence-electron chi connectivity index (χ0n) is 6.90. The lowest BCUT2D eigenvalue weighted by molar-refractivity contribution is -0.101. The van der Waals surface area contributed by atoms with E-state index in [0.717, 1.165) is 26.3 Å². The molecule has 0 bridgehead atoms. The number of hydrogen-bond donors (Lipinski definition) is 0. The minimum atomic E-state index is -0.237. The van der Waals surface area contributed by atoms with Crippen molar-refractivity contribution in [1.82, 2.24) is 4.90 Å². The Bertz CT molecular complexity index is 202. The topological polar surface area (TPSA) is 45.5 Å². The van der Waals surface area contributed by atoms with E-state index in [1.807, 2.05) is 0 Å². The Morgan fingerprint density at radius 1 is 1.42 bits per heavy atom. The number of fused-ring (bicyclic) bond motifs is 1. The highest BCUT2D eigenvalue weighted by atomic mass is 16.5. The van der Waals surface area contributed by atoms with Crippen LogP contribution in [0.5, 0.6) is 0 Å². The third-order valence-corrected chi connectivity index (χ3v) is 2.38. The molecule has 2 fully saturated rings. The third kappa shape index (κ3) is 1.44. The summed E-state index contributed by atoms with van der Waals surface area (Å²) in [5.74, 6) is 0. The SMILES string of the molecule is N#C[C@@H]1CN2CCOC[C@@H]2CO1. The van der Waals surface area contributed by atoms with Gasteiger partial charge in [-0.25, -0.2) is 0 Å². The van der Waals surface area contributed by atoms with Gasteiger partial charge < -0.3 is 9.47 Å². The fourth-order valence-electron chi connectivity index (χ4n) is 1.65. The molecule has 0 aromatic carbocycles. The average molecular weight is 168 g/mol. The molecule has 2 aliphatic heterocycles. The molecule has 2 heterocycles. The molecule has 66 valence electrons. The Hall–Kier alpha value is -0.630. The molecule has 4 nitrogen and oxygen atoms in total. The van der Waals surface area contributed by atoms with E-state index in [0.29, 0.717) is 12.6 Å². The standard InChI is InChI=1S/C8H12N2O2/c9-3-8-4-10-1-2-11-5-7(10)6-12-8/h7-8H,1-2,4-6H2/t7-,8-/m1/s1. The van der Waals surface area contributed by atoms with Gasteiger partial charge in [0.1, 0.15) is 0 Å². The maximum absolute atomic E-state index is 8.65. The zero-order valence-corrected chi connectivity index (χ0v) is 6.90. The van der Waals surface area contributed by atoms with Crippen molar-refractivity contribution in [1.29, 1.82) is 5.26 Å². The maximum atomic E-state index is 8.65. The lowest BCUT2D eigenvalue weighted by Crippen LogP contribution is -2.55. The third-order valence-electron chi connectivity index (χ3n) is 2.38. The van der Waals surface area contributed by atoms with Gasteiger partial charge in [-0.3, -0.25) is 4.90 Å². The van der Waals surface area contributed by atoms with Gasteiger partial charge in [0.05, 0.1) is 31.9 Å². The van der Waals surface area contributed by atoms with E-state index >= 15 is 0 Å². The Morgan fingerprint density at radius 2 is 2.33 bits per heavy atom. The number of ether oxygens (including phenoxy) is 2. The summed E-state index contributed by atoms with van der Waals surface area (Å²) in [6, 6.07) is 2.51. The molecule has 0 spiro atoms. The van der Waals surface area contributed by atoms with Gasteiger partial charge in [-0.2, -0.15) is 5.26 Å². The van der Waals surface area contributed by atoms with Gasteiger partial charge in [0, 0.05) is 13.1 Å². The molecule has 0 saturated carbocycles.